The van der Waals surface area contributed by atoms with Crippen LogP contribution in [0.25, 0.3) is 0 Å². The van der Waals surface area contributed by atoms with Crippen molar-refractivity contribution in [2.75, 3.05) is 32.6 Å². The summed E-state index contributed by atoms with van der Waals surface area (Å²) in [4.78, 5) is 24.7. The number of rotatable bonds is 4. The van der Waals surface area contributed by atoms with Gasteiger partial charge in [-0.15, -0.1) is 0 Å². The van der Waals surface area contributed by atoms with Gasteiger partial charge in [-0.2, -0.15) is 0 Å². The zero-order chi connectivity index (χ0) is 14.7. The predicted octanol–water partition coefficient (Wildman–Crippen LogP) is 0.845. The summed E-state index contributed by atoms with van der Waals surface area (Å²) in [6, 6.07) is 4.97. The molecule has 2 rings (SSSR count). The molecule has 0 radical (unpaired) electrons. The van der Waals surface area contributed by atoms with Crippen molar-refractivity contribution in [3.8, 4) is 0 Å². The first-order valence-corrected chi connectivity index (χ1v) is 6.45. The molecule has 1 aromatic rings. The Bertz CT molecular complexity index is 574. The second-order valence-corrected chi connectivity index (χ2v) is 4.71. The second kappa shape index (κ2) is 5.98. The molecule has 0 atom stereocenters. The minimum atomic E-state index is -0.299. The third kappa shape index (κ3) is 2.78. The Morgan fingerprint density at radius 1 is 1.30 bits per heavy atom. The van der Waals surface area contributed by atoms with Gasteiger partial charge in [0, 0.05) is 26.4 Å². The number of methoxy groups -OCH3 is 1. The smallest absolute Gasteiger partial charge is 0.261 e. The Kier molecular flexibility index (Phi) is 4.31. The van der Waals surface area contributed by atoms with E-state index < -0.39 is 0 Å². The van der Waals surface area contributed by atoms with E-state index in [0.29, 0.717) is 35.1 Å². The van der Waals surface area contributed by atoms with E-state index in [9.17, 15) is 9.59 Å². The Balaban J connectivity index is 2.07. The Hall–Kier alpha value is -1.99. The van der Waals surface area contributed by atoms with E-state index in [0.717, 1.165) is 4.90 Å². The topological polar surface area (TPSA) is 70.7 Å². The summed E-state index contributed by atoms with van der Waals surface area (Å²) in [6.07, 6.45) is 0. The largest absolute Gasteiger partial charge is 0.383 e. The van der Waals surface area contributed by atoms with Gasteiger partial charge in [0.2, 0.25) is 0 Å². The maximum Gasteiger partial charge on any atom is 0.261 e. The zero-order valence-corrected chi connectivity index (χ0v) is 12.0. The summed E-state index contributed by atoms with van der Waals surface area (Å²) in [5.41, 5.74) is 1.47. The van der Waals surface area contributed by atoms with Crippen molar-refractivity contribution in [2.45, 2.75) is 0 Å². The molecule has 2 amide bonds. The maximum absolute atomic E-state index is 11.9. The van der Waals surface area contributed by atoms with E-state index in [4.69, 9.17) is 17.0 Å². The van der Waals surface area contributed by atoms with E-state index in [1.54, 1.807) is 25.3 Å². The lowest BCUT2D eigenvalue weighted by molar-refractivity contribution is 0.0693. The lowest BCUT2D eigenvalue weighted by Gasteiger charge is -2.10. The van der Waals surface area contributed by atoms with Gasteiger partial charge in [0.15, 0.2) is 5.11 Å². The Morgan fingerprint density at radius 3 is 2.70 bits per heavy atom. The molecule has 0 saturated carbocycles. The molecule has 1 aliphatic rings. The molecule has 0 unspecified atom stereocenters. The number of hydrogen-bond donors (Lipinski definition) is 2. The summed E-state index contributed by atoms with van der Waals surface area (Å²) in [6.45, 7) is 1.14. The summed E-state index contributed by atoms with van der Waals surface area (Å²) in [7, 11) is 3.08. The van der Waals surface area contributed by atoms with Gasteiger partial charge < -0.3 is 15.4 Å². The van der Waals surface area contributed by atoms with Gasteiger partial charge in [-0.05, 0) is 30.4 Å². The highest BCUT2D eigenvalue weighted by atomic mass is 32.1. The van der Waals surface area contributed by atoms with Gasteiger partial charge in [-0.1, -0.05) is 0 Å². The molecule has 0 aliphatic carbocycles. The first-order valence-electron chi connectivity index (χ1n) is 6.05. The van der Waals surface area contributed by atoms with E-state index in [1.807, 2.05) is 0 Å². The summed E-state index contributed by atoms with van der Waals surface area (Å²) >= 11 is 5.11. The van der Waals surface area contributed by atoms with Gasteiger partial charge in [-0.25, -0.2) is 0 Å². The molecule has 0 bridgehead atoms. The summed E-state index contributed by atoms with van der Waals surface area (Å²) in [5.74, 6) is -0.579. The number of carbonyl (C=O) groups excluding carboxylic acids is 2. The van der Waals surface area contributed by atoms with Crippen LogP contribution in [0.2, 0.25) is 0 Å². The fraction of sp³-hybridized carbons (Fsp3) is 0.308. The molecule has 7 heteroatoms. The standard InChI is InChI=1S/C13H15N3O3S/c1-16-11(17)9-4-3-8(7-10(9)12(16)18)15-13(20)14-5-6-19-2/h3-4,7H,5-6H2,1-2H3,(H2,14,15,20). The van der Waals surface area contributed by atoms with Gasteiger partial charge in [0.05, 0.1) is 17.7 Å². The van der Waals surface area contributed by atoms with Crippen LogP contribution in [-0.2, 0) is 4.74 Å². The molecular formula is C13H15N3O3S. The number of imide groups is 1. The second-order valence-electron chi connectivity index (χ2n) is 4.30. The molecule has 0 aromatic heterocycles. The highest BCUT2D eigenvalue weighted by Gasteiger charge is 2.32. The molecule has 1 aromatic carbocycles. The molecular weight excluding hydrogens is 278 g/mol. The van der Waals surface area contributed by atoms with Crippen LogP contribution in [0.3, 0.4) is 0 Å². The fourth-order valence-electron chi connectivity index (χ4n) is 1.88. The van der Waals surface area contributed by atoms with Gasteiger partial charge >= 0.3 is 0 Å². The SMILES string of the molecule is COCCNC(=S)Nc1ccc2c(c1)C(=O)N(C)C2=O. The number of thiocarbonyl (C=S) groups is 1. The maximum atomic E-state index is 11.9. The van der Waals surface area contributed by atoms with Crippen molar-refractivity contribution < 1.29 is 14.3 Å². The van der Waals surface area contributed by atoms with Crippen LogP contribution in [0.4, 0.5) is 5.69 Å². The molecule has 6 nitrogen and oxygen atoms in total. The van der Waals surface area contributed by atoms with Crippen LogP contribution in [0.15, 0.2) is 18.2 Å². The van der Waals surface area contributed by atoms with Crippen molar-refractivity contribution >= 4 is 34.8 Å². The third-order valence-electron chi connectivity index (χ3n) is 2.94. The number of nitrogens with one attached hydrogen (secondary N) is 2. The van der Waals surface area contributed by atoms with Crippen molar-refractivity contribution in [2.24, 2.45) is 0 Å². The fourth-order valence-corrected chi connectivity index (χ4v) is 2.10. The van der Waals surface area contributed by atoms with Crippen molar-refractivity contribution in [1.82, 2.24) is 10.2 Å². The number of carbonyl (C=O) groups is 2. The lowest BCUT2D eigenvalue weighted by atomic mass is 10.1. The molecule has 1 aliphatic heterocycles. The quantitative estimate of drug-likeness (QED) is 0.487. The highest BCUT2D eigenvalue weighted by Crippen LogP contribution is 2.24. The molecule has 0 spiro atoms. The lowest BCUT2D eigenvalue weighted by Crippen LogP contribution is -2.31. The normalized spacial score (nSPS) is 13.4. The predicted molar refractivity (Wildman–Crippen MR) is 79.0 cm³/mol. The molecule has 2 N–H and O–H groups in total. The number of benzene rings is 1. The van der Waals surface area contributed by atoms with Crippen molar-refractivity contribution in [1.29, 1.82) is 0 Å². The molecule has 0 fully saturated rings. The number of amides is 2. The Labute approximate surface area is 122 Å². The molecule has 20 heavy (non-hydrogen) atoms. The first-order chi connectivity index (χ1) is 9.54. The van der Waals surface area contributed by atoms with E-state index >= 15 is 0 Å². The number of anilines is 1. The number of ether oxygens (including phenoxy) is 1. The van der Waals surface area contributed by atoms with E-state index in [1.165, 1.54) is 7.05 Å². The summed E-state index contributed by atoms with van der Waals surface area (Å²) in [5, 5.41) is 6.36. The number of fused-ring (bicyclic) bond motifs is 1. The van der Waals surface area contributed by atoms with Gasteiger partial charge in [-0.3, -0.25) is 14.5 Å². The number of nitrogens with zero attached hydrogens (tertiary/aromatic N) is 1. The van der Waals surface area contributed by atoms with Crippen LogP contribution in [0.5, 0.6) is 0 Å². The average Bonchev–Trinajstić information content (AvgIpc) is 2.64. The van der Waals surface area contributed by atoms with Crippen molar-refractivity contribution in [3.05, 3.63) is 29.3 Å². The zero-order valence-electron chi connectivity index (χ0n) is 11.2. The van der Waals surface area contributed by atoms with E-state index in [-0.39, 0.29) is 11.8 Å². The van der Waals surface area contributed by atoms with Crippen LogP contribution in [0, 0.1) is 0 Å². The van der Waals surface area contributed by atoms with Crippen LogP contribution >= 0.6 is 12.2 Å². The highest BCUT2D eigenvalue weighted by molar-refractivity contribution is 7.80. The van der Waals surface area contributed by atoms with Gasteiger partial charge in [0.25, 0.3) is 11.8 Å². The Morgan fingerprint density at radius 2 is 2.00 bits per heavy atom. The minimum absolute atomic E-state index is 0.280. The molecule has 0 saturated heterocycles. The molecule has 106 valence electrons. The number of hydrogen-bond acceptors (Lipinski definition) is 4. The van der Waals surface area contributed by atoms with Crippen LogP contribution in [0.1, 0.15) is 20.7 Å². The third-order valence-corrected chi connectivity index (χ3v) is 3.19. The average molecular weight is 293 g/mol. The van der Waals surface area contributed by atoms with Crippen molar-refractivity contribution in [3.63, 3.8) is 0 Å². The first kappa shape index (κ1) is 14.4. The monoisotopic (exact) mass is 293 g/mol. The van der Waals surface area contributed by atoms with E-state index in [2.05, 4.69) is 10.6 Å². The minimum Gasteiger partial charge on any atom is -0.383 e. The summed E-state index contributed by atoms with van der Waals surface area (Å²) < 4.78 is 4.90. The van der Waals surface area contributed by atoms with Crippen LogP contribution in [-0.4, -0.2) is 49.1 Å². The molecule has 1 heterocycles. The van der Waals surface area contributed by atoms with Gasteiger partial charge in [0.1, 0.15) is 0 Å². The van der Waals surface area contributed by atoms with Crippen LogP contribution < -0.4 is 10.6 Å².